The maximum Gasteiger partial charge on any atom is 0.491 e. The van der Waals surface area contributed by atoms with E-state index in [1.54, 1.807) is 6.07 Å². The van der Waals surface area contributed by atoms with Gasteiger partial charge in [0.25, 0.3) is 5.91 Å². The molecule has 5 rings (SSSR count). The van der Waals surface area contributed by atoms with E-state index in [1.807, 2.05) is 6.07 Å². The zero-order chi connectivity index (χ0) is 26.4. The van der Waals surface area contributed by atoms with Crippen molar-refractivity contribution in [3.05, 3.63) is 77.4 Å². The third-order valence-electron chi connectivity index (χ3n) is 6.39. The Labute approximate surface area is 215 Å². The number of nitrogens with zero attached hydrogens (tertiary/aromatic N) is 1. The molecule has 1 saturated carbocycles. The number of fused-ring (bicyclic) bond motifs is 1. The molecule has 190 valence electrons. The molecule has 1 atom stereocenters. The molecule has 3 aromatic carbocycles. The second kappa shape index (κ2) is 9.83. The van der Waals surface area contributed by atoms with E-state index in [9.17, 15) is 28.2 Å². The predicted octanol–water partition coefficient (Wildman–Crippen LogP) is 3.73. The smallest absolute Gasteiger partial charge is 0.491 e. The Morgan fingerprint density at radius 1 is 1.14 bits per heavy atom. The van der Waals surface area contributed by atoms with Crippen LogP contribution in [0.1, 0.15) is 34.7 Å². The largest absolute Gasteiger partial charge is 0.593 e. The van der Waals surface area contributed by atoms with Crippen molar-refractivity contribution in [3.8, 4) is 11.3 Å². The van der Waals surface area contributed by atoms with Gasteiger partial charge in [0.1, 0.15) is 29.2 Å². The third-order valence-corrected chi connectivity index (χ3v) is 7.31. The van der Waals surface area contributed by atoms with Crippen molar-refractivity contribution in [2.75, 3.05) is 17.6 Å². The van der Waals surface area contributed by atoms with Crippen LogP contribution in [0, 0.1) is 11.6 Å². The van der Waals surface area contributed by atoms with E-state index in [0.29, 0.717) is 27.8 Å². The number of halogens is 2. The average molecular weight is 524 g/mol. The van der Waals surface area contributed by atoms with E-state index in [2.05, 4.69) is 5.32 Å². The van der Waals surface area contributed by atoms with Gasteiger partial charge < -0.3 is 24.3 Å². The van der Waals surface area contributed by atoms with Crippen LogP contribution in [0.2, 0.25) is 0 Å². The fraction of sp³-hybridized carbons (Fsp3) is 0.192. The Morgan fingerprint density at radius 2 is 1.84 bits per heavy atom. The van der Waals surface area contributed by atoms with Crippen LogP contribution in [0.25, 0.3) is 22.3 Å². The highest BCUT2D eigenvalue weighted by molar-refractivity contribution is 7.92. The van der Waals surface area contributed by atoms with Crippen molar-refractivity contribution in [2.24, 2.45) is 0 Å². The van der Waals surface area contributed by atoms with E-state index in [-0.39, 0.29) is 28.7 Å². The highest BCUT2D eigenvalue weighted by Gasteiger charge is 2.34. The molecule has 0 spiro atoms. The number of furan rings is 1. The molecule has 1 fully saturated rings. The number of carbonyl (C=O) groups excluding carboxylic acids is 1. The summed E-state index contributed by atoms with van der Waals surface area (Å²) >= 11 is -1.64. The molecule has 1 amide bonds. The summed E-state index contributed by atoms with van der Waals surface area (Å²) in [6, 6.07) is 12.9. The zero-order valence-corrected chi connectivity index (χ0v) is 20.8. The number of carbonyl (C=O) groups is 1. The molecule has 37 heavy (non-hydrogen) atoms. The molecule has 4 aromatic rings. The summed E-state index contributed by atoms with van der Waals surface area (Å²) in [6.07, 6.45) is 3.24. The van der Waals surface area contributed by atoms with Crippen molar-refractivity contribution in [1.82, 2.24) is 5.32 Å². The van der Waals surface area contributed by atoms with Gasteiger partial charge in [-0.3, -0.25) is 4.79 Å². The summed E-state index contributed by atoms with van der Waals surface area (Å²) in [5.41, 5.74) is 2.46. The Morgan fingerprint density at radius 3 is 2.41 bits per heavy atom. The first kappa shape index (κ1) is 25.3. The maximum atomic E-state index is 14.6. The van der Waals surface area contributed by atoms with E-state index >= 15 is 0 Å². The highest BCUT2D eigenvalue weighted by Crippen LogP contribution is 2.49. The maximum absolute atomic E-state index is 14.6. The van der Waals surface area contributed by atoms with E-state index in [1.165, 1.54) is 54.0 Å². The second-order valence-electron chi connectivity index (χ2n) is 8.87. The second-order valence-corrected chi connectivity index (χ2v) is 10.1. The number of anilines is 2. The monoisotopic (exact) mass is 524 g/mol. The average Bonchev–Trinajstić information content (AvgIpc) is 3.64. The number of rotatable bonds is 7. The van der Waals surface area contributed by atoms with Gasteiger partial charge in [-0.1, -0.05) is 6.07 Å². The summed E-state index contributed by atoms with van der Waals surface area (Å²) in [7, 11) is -0.473. The van der Waals surface area contributed by atoms with Gasteiger partial charge in [-0.25, -0.2) is 8.78 Å². The Bertz CT molecular complexity index is 1490. The summed E-state index contributed by atoms with van der Waals surface area (Å²) < 4.78 is 48.7. The molecule has 3 N–H and O–H groups in total. The summed E-state index contributed by atoms with van der Waals surface area (Å²) in [5, 5.41) is 21.9. The van der Waals surface area contributed by atoms with Crippen molar-refractivity contribution < 1.29 is 32.6 Å². The van der Waals surface area contributed by atoms with E-state index in [0.717, 1.165) is 24.5 Å². The molecule has 0 saturated heterocycles. The fourth-order valence-electron chi connectivity index (χ4n) is 4.48. The zero-order valence-electron chi connectivity index (χ0n) is 20.0. The van der Waals surface area contributed by atoms with Crippen molar-refractivity contribution in [3.63, 3.8) is 0 Å². The first-order chi connectivity index (χ1) is 17.7. The van der Waals surface area contributed by atoms with Gasteiger partial charge in [0.05, 0.1) is 28.3 Å². The molecule has 0 bridgehead atoms. The molecule has 11 heteroatoms. The summed E-state index contributed by atoms with van der Waals surface area (Å²) in [6.45, 7) is 0. The number of hydrogen-bond acceptors (Lipinski definition) is 6. The normalized spacial score (nSPS) is 14.0. The Balaban J connectivity index is 1.73. The molecule has 1 aromatic heterocycles. The summed E-state index contributed by atoms with van der Waals surface area (Å²) in [4.78, 5) is 12.9. The Kier molecular flexibility index (Phi) is 6.71. The van der Waals surface area contributed by atoms with Crippen molar-refractivity contribution in [1.29, 1.82) is 0 Å². The van der Waals surface area contributed by atoms with Crippen LogP contribution in [0.4, 0.5) is 20.2 Å². The van der Waals surface area contributed by atoms with Crippen molar-refractivity contribution in [2.45, 2.75) is 18.8 Å². The van der Waals surface area contributed by atoms with Crippen LogP contribution >= 0.6 is 0 Å². The molecular formula is C26H23BF2N2O5S. The SMILES string of the molecule is CNC(=O)c1c(-c2ccc(F)cc2)oc2cc(N(c3ccc(B(O)O)c(F)c3)[S+](C)[O-])c(C3CC3)cc12. The molecule has 0 radical (unpaired) electrons. The van der Waals surface area contributed by atoms with Crippen LogP contribution in [-0.4, -0.2) is 40.9 Å². The molecule has 0 aliphatic heterocycles. The van der Waals surface area contributed by atoms with Gasteiger partial charge in [0.2, 0.25) is 0 Å². The van der Waals surface area contributed by atoms with E-state index < -0.39 is 30.1 Å². The highest BCUT2D eigenvalue weighted by atomic mass is 32.2. The van der Waals surface area contributed by atoms with E-state index in [4.69, 9.17) is 4.42 Å². The predicted molar refractivity (Wildman–Crippen MR) is 139 cm³/mol. The summed E-state index contributed by atoms with van der Waals surface area (Å²) in [5.74, 6) is -1.23. The lowest BCUT2D eigenvalue weighted by Crippen LogP contribution is -2.33. The molecule has 1 unspecified atom stereocenters. The molecular weight excluding hydrogens is 501 g/mol. The number of nitrogens with one attached hydrogen (secondary N) is 1. The first-order valence-corrected chi connectivity index (χ1v) is 13.1. The quantitative estimate of drug-likeness (QED) is 0.251. The number of amides is 1. The standard InChI is InChI=1S/C26H23BF2N2O5S/c1-30-26(32)24-19-12-18(14-3-4-14)22(13-23(19)36-25(24)15-5-7-16(28)8-6-15)31(37(2)35)17-9-10-20(27(33)34)21(29)11-17/h5-14,33-34H,3-4H2,1-2H3,(H,30,32). The van der Waals surface area contributed by atoms with Gasteiger partial charge in [-0.05, 0) is 60.7 Å². The number of benzene rings is 3. The van der Waals surface area contributed by atoms with Gasteiger partial charge in [-0.15, -0.1) is 0 Å². The lowest BCUT2D eigenvalue weighted by Gasteiger charge is -2.26. The van der Waals surface area contributed by atoms with Crippen LogP contribution < -0.4 is 15.1 Å². The van der Waals surface area contributed by atoms with Crippen LogP contribution in [0.15, 0.2) is 59.0 Å². The van der Waals surface area contributed by atoms with Gasteiger partial charge in [0.15, 0.2) is 0 Å². The molecule has 1 aliphatic carbocycles. The minimum atomic E-state index is -1.98. The molecule has 7 nitrogen and oxygen atoms in total. The molecule has 1 heterocycles. The fourth-order valence-corrected chi connectivity index (χ4v) is 5.32. The first-order valence-electron chi connectivity index (χ1n) is 11.6. The van der Waals surface area contributed by atoms with Crippen LogP contribution in [-0.2, 0) is 11.4 Å². The van der Waals surface area contributed by atoms with Crippen LogP contribution in [0.5, 0.6) is 0 Å². The minimum Gasteiger partial charge on any atom is -0.593 e. The topological polar surface area (TPSA) is 109 Å². The number of hydrogen-bond donors (Lipinski definition) is 3. The van der Waals surface area contributed by atoms with Gasteiger partial charge in [0, 0.05) is 35.6 Å². The lowest BCUT2D eigenvalue weighted by molar-refractivity contribution is 0.0964. The van der Waals surface area contributed by atoms with Gasteiger partial charge in [-0.2, -0.15) is 4.31 Å². The Hall–Kier alpha value is -3.38. The van der Waals surface area contributed by atoms with Crippen molar-refractivity contribution >= 4 is 52.2 Å². The minimum absolute atomic E-state index is 0.149. The third kappa shape index (κ3) is 4.71. The van der Waals surface area contributed by atoms with Gasteiger partial charge >= 0.3 is 7.12 Å². The lowest BCUT2D eigenvalue weighted by atomic mass is 9.80. The molecule has 1 aliphatic rings. The van der Waals surface area contributed by atoms with Crippen LogP contribution in [0.3, 0.4) is 0 Å².